The maximum atomic E-state index is 12.7. The molecule has 0 unspecified atom stereocenters. The number of rotatable bonds is 5. The molecule has 0 aliphatic rings. The second-order valence-electron chi connectivity index (χ2n) is 6.88. The number of hydrogen-bond donors (Lipinski definition) is 3. The van der Waals surface area contributed by atoms with E-state index in [1.807, 2.05) is 91.0 Å². The van der Waals surface area contributed by atoms with E-state index >= 15 is 0 Å². The third kappa shape index (κ3) is 4.22. The highest BCUT2D eigenvalue weighted by Gasteiger charge is 2.22. The minimum atomic E-state index is -0.488. The van der Waals surface area contributed by atoms with Gasteiger partial charge in [-0.05, 0) is 28.0 Å². The van der Waals surface area contributed by atoms with Gasteiger partial charge in [-0.2, -0.15) is 0 Å². The molecule has 0 bridgehead atoms. The van der Waals surface area contributed by atoms with Crippen LogP contribution in [0.25, 0.3) is 10.8 Å². The molecule has 0 saturated carbocycles. The van der Waals surface area contributed by atoms with Crippen LogP contribution in [-0.4, -0.2) is 11.1 Å². The van der Waals surface area contributed by atoms with Crippen molar-refractivity contribution in [3.05, 3.63) is 114 Å². The maximum absolute atomic E-state index is 12.7. The Morgan fingerprint density at radius 2 is 1.45 bits per heavy atom. The van der Waals surface area contributed by atoms with Gasteiger partial charge in [-0.25, -0.2) is 4.79 Å². The van der Waals surface area contributed by atoms with Gasteiger partial charge in [-0.3, -0.25) is 0 Å². The summed E-state index contributed by atoms with van der Waals surface area (Å²) in [7, 11) is 0. The summed E-state index contributed by atoms with van der Waals surface area (Å²) in [5.41, 5.74) is 2.60. The largest absolute Gasteiger partial charge is 0.508 e. The van der Waals surface area contributed by atoms with Crippen molar-refractivity contribution in [2.45, 2.75) is 12.6 Å². The van der Waals surface area contributed by atoms with Crippen LogP contribution in [0.2, 0.25) is 0 Å². The van der Waals surface area contributed by atoms with Crippen LogP contribution in [0.4, 0.5) is 4.79 Å². The van der Waals surface area contributed by atoms with Gasteiger partial charge in [0.05, 0.1) is 6.04 Å². The molecule has 0 heterocycles. The van der Waals surface area contributed by atoms with Crippen LogP contribution in [-0.2, 0) is 6.54 Å². The Bertz CT molecular complexity index is 1110. The third-order valence-corrected chi connectivity index (χ3v) is 4.94. The number of aromatic hydroxyl groups is 1. The van der Waals surface area contributed by atoms with E-state index in [0.29, 0.717) is 12.1 Å². The van der Waals surface area contributed by atoms with Crippen LogP contribution < -0.4 is 10.6 Å². The SMILES string of the molecule is O=C(NCc1ccccc1)N[C@@H](c1ccccc1)c1c(O)ccc2ccccc12. The Morgan fingerprint density at radius 3 is 2.21 bits per heavy atom. The number of fused-ring (bicyclic) bond motifs is 1. The zero-order valence-corrected chi connectivity index (χ0v) is 15.9. The van der Waals surface area contributed by atoms with Gasteiger partial charge in [0, 0.05) is 12.1 Å². The Hall–Kier alpha value is -3.79. The molecule has 0 aliphatic heterocycles. The standard InChI is InChI=1S/C25H22N2O2/c28-22-16-15-19-11-7-8-14-21(19)23(22)24(20-12-5-2-6-13-20)27-25(29)26-17-18-9-3-1-4-10-18/h1-16,24,28H,17H2,(H2,26,27,29)/t24-/m0/s1. The number of benzene rings is 4. The first-order valence-corrected chi connectivity index (χ1v) is 9.56. The highest BCUT2D eigenvalue weighted by Crippen LogP contribution is 2.35. The molecular formula is C25H22N2O2. The molecule has 0 fully saturated rings. The predicted molar refractivity (Wildman–Crippen MR) is 116 cm³/mol. The van der Waals surface area contributed by atoms with Crippen molar-refractivity contribution in [3.8, 4) is 5.75 Å². The average molecular weight is 382 g/mol. The van der Waals surface area contributed by atoms with E-state index in [0.717, 1.165) is 21.9 Å². The summed E-state index contributed by atoms with van der Waals surface area (Å²) in [6, 6.07) is 30.0. The first-order valence-electron chi connectivity index (χ1n) is 9.56. The number of amides is 2. The number of phenolic OH excluding ortho intramolecular Hbond substituents is 1. The fraction of sp³-hybridized carbons (Fsp3) is 0.0800. The molecule has 0 aromatic heterocycles. The van der Waals surface area contributed by atoms with Gasteiger partial charge in [0.15, 0.2) is 0 Å². The third-order valence-electron chi connectivity index (χ3n) is 4.94. The molecule has 144 valence electrons. The quantitative estimate of drug-likeness (QED) is 0.448. The van der Waals surface area contributed by atoms with Gasteiger partial charge < -0.3 is 15.7 Å². The second kappa shape index (κ2) is 8.48. The normalized spacial score (nSPS) is 11.7. The molecule has 3 N–H and O–H groups in total. The van der Waals surface area contributed by atoms with Crippen molar-refractivity contribution in [2.75, 3.05) is 0 Å². The van der Waals surface area contributed by atoms with Crippen molar-refractivity contribution >= 4 is 16.8 Å². The second-order valence-corrected chi connectivity index (χ2v) is 6.88. The molecule has 29 heavy (non-hydrogen) atoms. The Balaban J connectivity index is 1.67. The maximum Gasteiger partial charge on any atom is 0.315 e. The van der Waals surface area contributed by atoms with Crippen LogP contribution in [0.1, 0.15) is 22.7 Å². The van der Waals surface area contributed by atoms with E-state index < -0.39 is 6.04 Å². The lowest BCUT2D eigenvalue weighted by atomic mass is 9.93. The Kier molecular flexibility index (Phi) is 5.43. The first kappa shape index (κ1) is 18.6. The van der Waals surface area contributed by atoms with E-state index in [2.05, 4.69) is 10.6 Å². The molecule has 2 amide bonds. The van der Waals surface area contributed by atoms with Gasteiger partial charge in [0.2, 0.25) is 0 Å². The van der Waals surface area contributed by atoms with Gasteiger partial charge in [0.1, 0.15) is 5.75 Å². The Morgan fingerprint density at radius 1 is 0.793 bits per heavy atom. The lowest BCUT2D eigenvalue weighted by molar-refractivity contribution is 0.238. The van der Waals surface area contributed by atoms with Gasteiger partial charge >= 0.3 is 6.03 Å². The number of nitrogens with one attached hydrogen (secondary N) is 2. The van der Waals surface area contributed by atoms with E-state index in [1.165, 1.54) is 0 Å². The van der Waals surface area contributed by atoms with Gasteiger partial charge in [0.25, 0.3) is 0 Å². The smallest absolute Gasteiger partial charge is 0.315 e. The topological polar surface area (TPSA) is 61.4 Å². The molecule has 4 rings (SSSR count). The van der Waals surface area contributed by atoms with Gasteiger partial charge in [-0.15, -0.1) is 0 Å². The van der Waals surface area contributed by atoms with Crippen molar-refractivity contribution in [1.82, 2.24) is 10.6 Å². The van der Waals surface area contributed by atoms with Crippen molar-refractivity contribution in [3.63, 3.8) is 0 Å². The molecule has 4 nitrogen and oxygen atoms in total. The number of hydrogen-bond acceptors (Lipinski definition) is 2. The van der Waals surface area contributed by atoms with Crippen LogP contribution in [0.5, 0.6) is 5.75 Å². The van der Waals surface area contributed by atoms with Crippen molar-refractivity contribution in [2.24, 2.45) is 0 Å². The van der Waals surface area contributed by atoms with Gasteiger partial charge in [-0.1, -0.05) is 91.0 Å². The van der Waals surface area contributed by atoms with Crippen LogP contribution in [0.3, 0.4) is 0 Å². The molecule has 0 saturated heterocycles. The highest BCUT2D eigenvalue weighted by atomic mass is 16.3. The zero-order valence-electron chi connectivity index (χ0n) is 15.9. The summed E-state index contributed by atoms with van der Waals surface area (Å²) >= 11 is 0. The molecule has 4 aromatic rings. The van der Waals surface area contributed by atoms with Crippen molar-refractivity contribution in [1.29, 1.82) is 0 Å². The molecule has 4 heteroatoms. The van der Waals surface area contributed by atoms with Crippen LogP contribution in [0.15, 0.2) is 97.1 Å². The van der Waals surface area contributed by atoms with E-state index in [1.54, 1.807) is 6.07 Å². The minimum Gasteiger partial charge on any atom is -0.508 e. The number of phenols is 1. The summed E-state index contributed by atoms with van der Waals surface area (Å²) in [6.07, 6.45) is 0. The van der Waals surface area contributed by atoms with Crippen molar-refractivity contribution < 1.29 is 9.90 Å². The fourth-order valence-electron chi connectivity index (χ4n) is 3.52. The average Bonchev–Trinajstić information content (AvgIpc) is 2.78. The van der Waals surface area contributed by atoms with E-state index in [4.69, 9.17) is 0 Å². The minimum absolute atomic E-state index is 0.154. The van der Waals surface area contributed by atoms with E-state index in [9.17, 15) is 9.90 Å². The summed E-state index contributed by atoms with van der Waals surface area (Å²) in [6.45, 7) is 0.426. The molecule has 0 spiro atoms. The molecular weight excluding hydrogens is 360 g/mol. The predicted octanol–water partition coefficient (Wildman–Crippen LogP) is 5.13. The fourth-order valence-corrected chi connectivity index (χ4v) is 3.52. The number of urea groups is 1. The molecule has 0 radical (unpaired) electrons. The highest BCUT2D eigenvalue weighted by molar-refractivity contribution is 5.89. The molecule has 4 aromatic carbocycles. The zero-order chi connectivity index (χ0) is 20.1. The molecule has 0 aliphatic carbocycles. The van der Waals surface area contributed by atoms with Crippen LogP contribution >= 0.6 is 0 Å². The number of carbonyl (C=O) groups is 1. The lowest BCUT2D eigenvalue weighted by Gasteiger charge is -2.23. The van der Waals surface area contributed by atoms with Crippen LogP contribution in [0, 0.1) is 0 Å². The first-order chi connectivity index (χ1) is 14.2. The summed E-state index contributed by atoms with van der Waals surface area (Å²) in [5, 5.41) is 18.6. The lowest BCUT2D eigenvalue weighted by Crippen LogP contribution is -2.38. The number of carbonyl (C=O) groups excluding carboxylic acids is 1. The Labute approximate surface area is 169 Å². The molecule has 1 atom stereocenters. The summed E-state index contributed by atoms with van der Waals surface area (Å²) in [5.74, 6) is 0.154. The summed E-state index contributed by atoms with van der Waals surface area (Å²) in [4.78, 5) is 12.7. The summed E-state index contributed by atoms with van der Waals surface area (Å²) < 4.78 is 0. The van der Waals surface area contributed by atoms with E-state index in [-0.39, 0.29) is 11.8 Å². The monoisotopic (exact) mass is 382 g/mol.